The van der Waals surface area contributed by atoms with Crippen LogP contribution in [0, 0.1) is 0 Å². The summed E-state index contributed by atoms with van der Waals surface area (Å²) < 4.78 is 45.7. The van der Waals surface area contributed by atoms with E-state index in [2.05, 4.69) is 19.8 Å². The van der Waals surface area contributed by atoms with Crippen LogP contribution in [0.2, 0.25) is 0 Å². The molecule has 0 atom stereocenters. The number of hydrogen-bond donors (Lipinski definition) is 1. The second kappa shape index (κ2) is 7.65. The molecule has 0 saturated heterocycles. The van der Waals surface area contributed by atoms with Gasteiger partial charge in [0.15, 0.2) is 0 Å². The number of alkyl halides is 3. The number of halogens is 3. The van der Waals surface area contributed by atoms with E-state index in [0.717, 1.165) is 6.07 Å². The Labute approximate surface area is 140 Å². The van der Waals surface area contributed by atoms with E-state index in [0.29, 0.717) is 0 Å². The van der Waals surface area contributed by atoms with Crippen LogP contribution in [-0.2, 0) is 16.0 Å². The number of esters is 1. The molecule has 0 fully saturated rings. The lowest BCUT2D eigenvalue weighted by atomic mass is 10.1. The third kappa shape index (κ3) is 5.20. The minimum atomic E-state index is -4.87. The molecule has 1 amide bonds. The van der Waals surface area contributed by atoms with Gasteiger partial charge >= 0.3 is 12.3 Å². The minimum absolute atomic E-state index is 0.0261. The highest BCUT2D eigenvalue weighted by atomic mass is 19.4. The standard InChI is InChI=1S/C16H13F3N2O4/c1-24-15(23)11-6-4-8-20-14(11)21-13(22)9-10-5-2-3-7-12(10)25-16(17,18)19/h2-8H,9H2,1H3,(H,20,21,22). The summed E-state index contributed by atoms with van der Waals surface area (Å²) in [6.45, 7) is 0. The summed E-state index contributed by atoms with van der Waals surface area (Å²) in [5.41, 5.74) is 0.0612. The number of carbonyl (C=O) groups excluding carboxylic acids is 2. The van der Waals surface area contributed by atoms with Crippen molar-refractivity contribution in [3.63, 3.8) is 0 Å². The van der Waals surface area contributed by atoms with Gasteiger partial charge in [-0.2, -0.15) is 0 Å². The Kier molecular flexibility index (Phi) is 5.58. The molecular formula is C16H13F3N2O4. The molecular weight excluding hydrogens is 341 g/mol. The number of para-hydroxylation sites is 1. The van der Waals surface area contributed by atoms with E-state index in [9.17, 15) is 22.8 Å². The molecule has 2 rings (SSSR count). The van der Waals surface area contributed by atoms with Gasteiger partial charge in [0.05, 0.1) is 13.5 Å². The van der Waals surface area contributed by atoms with Crippen LogP contribution in [0.1, 0.15) is 15.9 Å². The van der Waals surface area contributed by atoms with E-state index in [1.165, 1.54) is 43.6 Å². The molecule has 0 unspecified atom stereocenters. The number of nitrogens with one attached hydrogen (secondary N) is 1. The molecule has 1 heterocycles. The monoisotopic (exact) mass is 354 g/mol. The average molecular weight is 354 g/mol. The lowest BCUT2D eigenvalue weighted by molar-refractivity contribution is -0.274. The highest BCUT2D eigenvalue weighted by Crippen LogP contribution is 2.26. The molecule has 1 N–H and O–H groups in total. The zero-order chi connectivity index (χ0) is 18.4. The first-order valence-corrected chi connectivity index (χ1v) is 6.97. The highest BCUT2D eigenvalue weighted by Gasteiger charge is 2.32. The largest absolute Gasteiger partial charge is 0.573 e. The van der Waals surface area contributed by atoms with Crippen LogP contribution in [0.3, 0.4) is 0 Å². The number of rotatable bonds is 5. The maximum absolute atomic E-state index is 12.4. The molecule has 0 bridgehead atoms. The number of anilines is 1. The summed E-state index contributed by atoms with van der Waals surface area (Å²) in [5.74, 6) is -1.89. The van der Waals surface area contributed by atoms with Crippen LogP contribution in [0.5, 0.6) is 5.75 Å². The van der Waals surface area contributed by atoms with Gasteiger partial charge in [0.2, 0.25) is 5.91 Å². The third-order valence-corrected chi connectivity index (χ3v) is 3.02. The van der Waals surface area contributed by atoms with Crippen LogP contribution in [0.15, 0.2) is 42.6 Å². The highest BCUT2D eigenvalue weighted by molar-refractivity contribution is 6.00. The molecule has 0 aliphatic heterocycles. The first kappa shape index (κ1) is 18.2. The van der Waals surface area contributed by atoms with Crippen molar-refractivity contribution in [1.82, 2.24) is 4.98 Å². The Morgan fingerprint density at radius 1 is 1.16 bits per heavy atom. The van der Waals surface area contributed by atoms with Gasteiger partial charge in [-0.1, -0.05) is 18.2 Å². The lowest BCUT2D eigenvalue weighted by Gasteiger charge is -2.13. The van der Waals surface area contributed by atoms with Crippen LogP contribution in [-0.4, -0.2) is 30.3 Å². The van der Waals surface area contributed by atoms with E-state index >= 15 is 0 Å². The number of nitrogens with zero attached hydrogens (tertiary/aromatic N) is 1. The van der Waals surface area contributed by atoms with Gasteiger partial charge < -0.3 is 14.8 Å². The smallest absolute Gasteiger partial charge is 0.465 e. The van der Waals surface area contributed by atoms with E-state index in [4.69, 9.17) is 0 Å². The van der Waals surface area contributed by atoms with Crippen molar-refractivity contribution in [3.8, 4) is 5.75 Å². The Morgan fingerprint density at radius 3 is 2.56 bits per heavy atom. The fourth-order valence-corrected chi connectivity index (χ4v) is 2.00. The SMILES string of the molecule is COC(=O)c1cccnc1NC(=O)Cc1ccccc1OC(F)(F)F. The maximum atomic E-state index is 12.4. The number of carbonyl (C=O) groups is 2. The normalized spacial score (nSPS) is 10.9. The maximum Gasteiger partial charge on any atom is 0.573 e. The zero-order valence-corrected chi connectivity index (χ0v) is 13.0. The topological polar surface area (TPSA) is 77.5 Å². The fourth-order valence-electron chi connectivity index (χ4n) is 2.00. The van der Waals surface area contributed by atoms with Crippen molar-refractivity contribution in [2.24, 2.45) is 0 Å². The first-order valence-electron chi connectivity index (χ1n) is 6.97. The molecule has 1 aromatic carbocycles. The summed E-state index contributed by atoms with van der Waals surface area (Å²) in [6, 6.07) is 8.16. The van der Waals surface area contributed by atoms with Gasteiger partial charge in [0.1, 0.15) is 17.1 Å². The van der Waals surface area contributed by atoms with Gasteiger partial charge in [-0.3, -0.25) is 4.79 Å². The number of hydrogen-bond acceptors (Lipinski definition) is 5. The van der Waals surface area contributed by atoms with Gasteiger partial charge in [0.25, 0.3) is 0 Å². The minimum Gasteiger partial charge on any atom is -0.465 e. The second-order valence-electron chi connectivity index (χ2n) is 4.77. The summed E-state index contributed by atoms with van der Waals surface area (Å²) >= 11 is 0. The number of pyridine rings is 1. The van der Waals surface area contributed by atoms with Crippen molar-refractivity contribution in [1.29, 1.82) is 0 Å². The number of methoxy groups -OCH3 is 1. The predicted molar refractivity (Wildman–Crippen MR) is 81.0 cm³/mol. The van der Waals surface area contributed by atoms with E-state index in [1.54, 1.807) is 0 Å². The predicted octanol–water partition coefficient (Wildman–Crippen LogP) is 2.95. The van der Waals surface area contributed by atoms with Crippen molar-refractivity contribution in [2.45, 2.75) is 12.8 Å². The molecule has 1 aromatic heterocycles. The lowest BCUT2D eigenvalue weighted by Crippen LogP contribution is -2.21. The Balaban J connectivity index is 2.16. The van der Waals surface area contributed by atoms with Crippen LogP contribution < -0.4 is 10.1 Å². The Hall–Kier alpha value is -3.10. The van der Waals surface area contributed by atoms with E-state index in [1.807, 2.05) is 0 Å². The van der Waals surface area contributed by atoms with Gasteiger partial charge in [0, 0.05) is 11.8 Å². The summed E-state index contributed by atoms with van der Waals surface area (Å²) in [5, 5.41) is 2.38. The first-order chi connectivity index (χ1) is 11.8. The Bertz CT molecular complexity index is 778. The average Bonchev–Trinajstić information content (AvgIpc) is 2.55. The molecule has 0 saturated carbocycles. The molecule has 0 aliphatic carbocycles. The van der Waals surface area contributed by atoms with Gasteiger partial charge in [-0.25, -0.2) is 9.78 Å². The van der Waals surface area contributed by atoms with E-state index in [-0.39, 0.29) is 16.9 Å². The summed E-state index contributed by atoms with van der Waals surface area (Å²) in [4.78, 5) is 27.6. The van der Waals surface area contributed by atoms with Crippen LogP contribution >= 0.6 is 0 Å². The van der Waals surface area contributed by atoms with Crippen molar-refractivity contribution in [2.75, 3.05) is 12.4 Å². The molecule has 0 aliphatic rings. The summed E-state index contributed by atoms with van der Waals surface area (Å²) in [7, 11) is 1.17. The zero-order valence-electron chi connectivity index (χ0n) is 13.0. The molecule has 0 spiro atoms. The Morgan fingerprint density at radius 2 is 1.88 bits per heavy atom. The molecule has 132 valence electrons. The second-order valence-corrected chi connectivity index (χ2v) is 4.77. The van der Waals surface area contributed by atoms with Crippen molar-refractivity contribution < 1.29 is 32.2 Å². The van der Waals surface area contributed by atoms with Crippen molar-refractivity contribution >= 4 is 17.7 Å². The summed E-state index contributed by atoms with van der Waals surface area (Å²) in [6.07, 6.45) is -3.92. The number of benzene rings is 1. The molecule has 2 aromatic rings. The van der Waals surface area contributed by atoms with Gasteiger partial charge in [-0.05, 0) is 18.2 Å². The number of aromatic nitrogens is 1. The van der Waals surface area contributed by atoms with Crippen molar-refractivity contribution in [3.05, 3.63) is 53.7 Å². The molecule has 0 radical (unpaired) electrons. The van der Waals surface area contributed by atoms with Crippen LogP contribution in [0.25, 0.3) is 0 Å². The van der Waals surface area contributed by atoms with E-state index < -0.39 is 30.4 Å². The van der Waals surface area contributed by atoms with Gasteiger partial charge in [-0.15, -0.1) is 13.2 Å². The fraction of sp³-hybridized carbons (Fsp3) is 0.188. The number of ether oxygens (including phenoxy) is 2. The quantitative estimate of drug-likeness (QED) is 0.836. The molecule has 25 heavy (non-hydrogen) atoms. The third-order valence-electron chi connectivity index (χ3n) is 3.02. The molecule has 9 heteroatoms. The van der Waals surface area contributed by atoms with Crippen LogP contribution in [0.4, 0.5) is 19.0 Å². The molecule has 6 nitrogen and oxygen atoms in total. The number of amides is 1.